The lowest BCUT2D eigenvalue weighted by molar-refractivity contribution is -0.134. The first-order valence-corrected chi connectivity index (χ1v) is 6.70. The van der Waals surface area contributed by atoms with Crippen molar-refractivity contribution in [3.8, 4) is 0 Å². The van der Waals surface area contributed by atoms with E-state index in [9.17, 15) is 4.79 Å². The molecule has 1 amide bonds. The Morgan fingerprint density at radius 1 is 1.44 bits per heavy atom. The average Bonchev–Trinajstić information content (AvgIpc) is 2.89. The topological polar surface area (TPSA) is 69.2 Å². The molecule has 0 bridgehead atoms. The Labute approximate surface area is 107 Å². The molecule has 5 nitrogen and oxygen atoms in total. The van der Waals surface area contributed by atoms with E-state index < -0.39 is 0 Å². The molecule has 1 aromatic heterocycles. The van der Waals surface area contributed by atoms with Gasteiger partial charge in [0.25, 0.3) is 0 Å². The third-order valence-corrected chi connectivity index (χ3v) is 3.58. The van der Waals surface area contributed by atoms with E-state index in [0.717, 1.165) is 18.5 Å². The summed E-state index contributed by atoms with van der Waals surface area (Å²) >= 11 is 0. The highest BCUT2D eigenvalue weighted by Crippen LogP contribution is 2.23. The number of amides is 1. The van der Waals surface area contributed by atoms with Gasteiger partial charge in [-0.3, -0.25) is 9.89 Å². The summed E-state index contributed by atoms with van der Waals surface area (Å²) in [4.78, 5) is 14.1. The van der Waals surface area contributed by atoms with Crippen molar-refractivity contribution in [2.24, 2.45) is 0 Å². The maximum Gasteiger partial charge on any atom is 0.228 e. The van der Waals surface area contributed by atoms with Crippen LogP contribution in [0.3, 0.4) is 0 Å². The van der Waals surface area contributed by atoms with E-state index in [1.165, 1.54) is 19.3 Å². The highest BCUT2D eigenvalue weighted by atomic mass is 16.3. The number of carbonyl (C=O) groups is 1. The van der Waals surface area contributed by atoms with E-state index >= 15 is 0 Å². The minimum atomic E-state index is 0.0330. The fraction of sp³-hybridized carbons (Fsp3) is 0.692. The van der Waals surface area contributed by atoms with Crippen LogP contribution in [-0.2, 0) is 11.2 Å². The van der Waals surface area contributed by atoms with Gasteiger partial charge in [-0.1, -0.05) is 19.3 Å². The fourth-order valence-electron chi connectivity index (χ4n) is 2.66. The van der Waals surface area contributed by atoms with Gasteiger partial charge in [-0.25, -0.2) is 0 Å². The molecule has 100 valence electrons. The summed E-state index contributed by atoms with van der Waals surface area (Å²) in [5, 5.41) is 15.8. The van der Waals surface area contributed by atoms with Gasteiger partial charge in [-0.2, -0.15) is 5.10 Å². The lowest BCUT2D eigenvalue weighted by Gasteiger charge is -2.34. The molecule has 5 heteroatoms. The molecular weight excluding hydrogens is 230 g/mol. The monoisotopic (exact) mass is 251 g/mol. The molecular formula is C13H21N3O2. The molecule has 0 saturated heterocycles. The smallest absolute Gasteiger partial charge is 0.228 e. The summed E-state index contributed by atoms with van der Waals surface area (Å²) in [6.45, 7) is 0.475. The van der Waals surface area contributed by atoms with Gasteiger partial charge in [0, 0.05) is 24.5 Å². The van der Waals surface area contributed by atoms with Crippen LogP contribution in [0.5, 0.6) is 0 Å². The number of rotatable bonds is 5. The molecule has 1 aromatic rings. The highest BCUT2D eigenvalue weighted by Gasteiger charge is 2.25. The van der Waals surface area contributed by atoms with Crippen LogP contribution in [0.4, 0.5) is 0 Å². The first-order chi connectivity index (χ1) is 8.81. The summed E-state index contributed by atoms with van der Waals surface area (Å²) in [7, 11) is 0. The first kappa shape index (κ1) is 13.1. The van der Waals surface area contributed by atoms with Crippen molar-refractivity contribution in [1.82, 2.24) is 15.1 Å². The third-order valence-electron chi connectivity index (χ3n) is 3.58. The number of aliphatic hydroxyl groups is 1. The average molecular weight is 251 g/mol. The Morgan fingerprint density at radius 2 is 2.22 bits per heavy atom. The number of aliphatic hydroxyl groups excluding tert-OH is 1. The lowest BCUT2D eigenvalue weighted by atomic mass is 9.94. The molecule has 0 aliphatic heterocycles. The number of carbonyl (C=O) groups excluding carboxylic acids is 1. The molecule has 2 N–H and O–H groups in total. The predicted octanol–water partition coefficient (Wildman–Crippen LogP) is 1.11. The zero-order chi connectivity index (χ0) is 12.8. The van der Waals surface area contributed by atoms with Gasteiger partial charge in [-0.05, 0) is 18.9 Å². The zero-order valence-electron chi connectivity index (χ0n) is 10.6. The number of hydrogen-bond donors (Lipinski definition) is 2. The van der Waals surface area contributed by atoms with Crippen molar-refractivity contribution in [2.75, 3.05) is 13.2 Å². The molecule has 1 heterocycles. The molecule has 18 heavy (non-hydrogen) atoms. The number of nitrogens with one attached hydrogen (secondary N) is 1. The van der Waals surface area contributed by atoms with E-state index in [0.29, 0.717) is 19.0 Å². The standard InChI is InChI=1S/C13H21N3O2/c17-9-8-16(12-4-2-1-3-5-12)13(18)10-11-6-7-14-15-11/h6-7,12,17H,1-5,8-10H2,(H,14,15). The SMILES string of the molecule is O=C(Cc1ccn[nH]1)N(CCO)C1CCCCC1. The summed E-state index contributed by atoms with van der Waals surface area (Å²) < 4.78 is 0. The molecule has 1 aliphatic carbocycles. The summed E-state index contributed by atoms with van der Waals surface area (Å²) in [6.07, 6.45) is 7.76. The van der Waals surface area contributed by atoms with Gasteiger partial charge in [-0.15, -0.1) is 0 Å². The minimum Gasteiger partial charge on any atom is -0.395 e. The normalized spacial score (nSPS) is 16.7. The number of nitrogens with zero attached hydrogens (tertiary/aromatic N) is 2. The van der Waals surface area contributed by atoms with Crippen molar-refractivity contribution >= 4 is 5.91 Å². The van der Waals surface area contributed by atoms with Crippen molar-refractivity contribution in [2.45, 2.75) is 44.6 Å². The van der Waals surface area contributed by atoms with Gasteiger partial charge in [0.1, 0.15) is 0 Å². The summed E-state index contributed by atoms with van der Waals surface area (Å²) in [5.74, 6) is 0.0835. The summed E-state index contributed by atoms with van der Waals surface area (Å²) in [5.41, 5.74) is 0.832. The number of H-pyrrole nitrogens is 1. The Hall–Kier alpha value is -1.36. The maximum atomic E-state index is 12.3. The molecule has 1 fully saturated rings. The Kier molecular flexibility index (Phi) is 4.75. The largest absolute Gasteiger partial charge is 0.395 e. The van der Waals surface area contributed by atoms with E-state index in [1.54, 1.807) is 6.20 Å². The van der Waals surface area contributed by atoms with Crippen LogP contribution in [0.2, 0.25) is 0 Å². The Balaban J connectivity index is 1.97. The van der Waals surface area contributed by atoms with Crippen molar-refractivity contribution in [1.29, 1.82) is 0 Å². The molecule has 0 spiro atoms. The molecule has 2 rings (SSSR count). The second-order valence-electron chi connectivity index (χ2n) is 4.86. The van der Waals surface area contributed by atoms with Gasteiger partial charge in [0.05, 0.1) is 13.0 Å². The maximum absolute atomic E-state index is 12.3. The van der Waals surface area contributed by atoms with Gasteiger partial charge in [0.2, 0.25) is 5.91 Å². The zero-order valence-corrected chi connectivity index (χ0v) is 10.6. The van der Waals surface area contributed by atoms with Gasteiger partial charge in [0.15, 0.2) is 0 Å². The van der Waals surface area contributed by atoms with Crippen LogP contribution >= 0.6 is 0 Å². The quantitative estimate of drug-likeness (QED) is 0.823. The molecule has 1 aliphatic rings. The van der Waals surface area contributed by atoms with Crippen LogP contribution < -0.4 is 0 Å². The second-order valence-corrected chi connectivity index (χ2v) is 4.86. The van der Waals surface area contributed by atoms with Crippen LogP contribution in [0, 0.1) is 0 Å². The number of hydrogen-bond acceptors (Lipinski definition) is 3. The van der Waals surface area contributed by atoms with Crippen LogP contribution in [0.25, 0.3) is 0 Å². The van der Waals surface area contributed by atoms with E-state index in [-0.39, 0.29) is 12.5 Å². The van der Waals surface area contributed by atoms with E-state index in [2.05, 4.69) is 10.2 Å². The minimum absolute atomic E-state index is 0.0330. The van der Waals surface area contributed by atoms with Crippen LogP contribution in [-0.4, -0.2) is 45.3 Å². The fourth-order valence-corrected chi connectivity index (χ4v) is 2.66. The molecule has 0 atom stereocenters. The third kappa shape index (κ3) is 3.32. The number of aromatic nitrogens is 2. The van der Waals surface area contributed by atoms with Crippen molar-refractivity contribution < 1.29 is 9.90 Å². The molecule has 1 saturated carbocycles. The first-order valence-electron chi connectivity index (χ1n) is 6.70. The van der Waals surface area contributed by atoms with Crippen molar-refractivity contribution in [3.63, 3.8) is 0 Å². The van der Waals surface area contributed by atoms with E-state index in [1.807, 2.05) is 11.0 Å². The van der Waals surface area contributed by atoms with Gasteiger partial charge >= 0.3 is 0 Å². The Bertz CT molecular complexity index is 358. The lowest BCUT2D eigenvalue weighted by Crippen LogP contribution is -2.43. The van der Waals surface area contributed by atoms with E-state index in [4.69, 9.17) is 5.11 Å². The van der Waals surface area contributed by atoms with Crippen LogP contribution in [0.1, 0.15) is 37.8 Å². The van der Waals surface area contributed by atoms with Crippen molar-refractivity contribution in [3.05, 3.63) is 18.0 Å². The Morgan fingerprint density at radius 3 is 2.83 bits per heavy atom. The summed E-state index contributed by atoms with van der Waals surface area (Å²) in [6, 6.07) is 2.12. The predicted molar refractivity (Wildman–Crippen MR) is 68.0 cm³/mol. The second kappa shape index (κ2) is 6.54. The molecule has 0 unspecified atom stereocenters. The highest BCUT2D eigenvalue weighted by molar-refractivity contribution is 5.78. The number of aromatic amines is 1. The molecule has 0 aromatic carbocycles. The molecule has 0 radical (unpaired) electrons. The van der Waals surface area contributed by atoms with Crippen LogP contribution in [0.15, 0.2) is 12.3 Å². The van der Waals surface area contributed by atoms with Gasteiger partial charge < -0.3 is 10.0 Å².